The lowest BCUT2D eigenvalue weighted by molar-refractivity contribution is -0.787. The number of pyridine rings is 1. The lowest BCUT2D eigenvalue weighted by atomic mass is 9.85. The smallest absolute Gasteiger partial charge is 0.295 e. The third kappa shape index (κ3) is 3.63. The van der Waals surface area contributed by atoms with Crippen LogP contribution in [0.4, 0.5) is 0 Å². The molecule has 0 amide bonds. The van der Waals surface area contributed by atoms with Gasteiger partial charge in [0.15, 0.2) is 0 Å². The first-order valence-electron chi connectivity index (χ1n) is 9.29. The van der Waals surface area contributed by atoms with Crippen molar-refractivity contribution in [3.63, 3.8) is 0 Å². The van der Waals surface area contributed by atoms with Crippen molar-refractivity contribution in [1.82, 2.24) is 4.98 Å². The fraction of sp³-hybridized carbons (Fsp3) is 0.421. The number of halogens is 1. The van der Waals surface area contributed by atoms with Crippen molar-refractivity contribution < 1.29 is 24.6 Å². The zero-order valence-electron chi connectivity index (χ0n) is 15.9. The Bertz CT molecular complexity index is 1000. The highest BCUT2D eigenvalue weighted by molar-refractivity contribution is 6.30. The molecule has 11 heteroatoms. The van der Waals surface area contributed by atoms with Gasteiger partial charge in [-0.25, -0.2) is 0 Å². The van der Waals surface area contributed by atoms with Gasteiger partial charge in [-0.15, -0.1) is 20.2 Å². The minimum atomic E-state index is -1.38. The second kappa shape index (κ2) is 7.69. The van der Waals surface area contributed by atoms with E-state index in [2.05, 4.69) is 9.82 Å². The van der Waals surface area contributed by atoms with Gasteiger partial charge in [0.05, 0.1) is 6.61 Å². The van der Waals surface area contributed by atoms with Crippen molar-refractivity contribution in [1.29, 1.82) is 0 Å². The number of fused-ring (bicyclic) bond motifs is 1. The minimum Gasteiger partial charge on any atom is -0.364 e. The molecule has 1 aromatic carbocycles. The number of rotatable bonds is 6. The van der Waals surface area contributed by atoms with E-state index in [9.17, 15) is 20.2 Å². The molecule has 30 heavy (non-hydrogen) atoms. The number of hydrogen-bond donors (Lipinski definition) is 0. The quantitative estimate of drug-likeness (QED) is 0.494. The summed E-state index contributed by atoms with van der Waals surface area (Å²) in [4.78, 5) is 36.4. The van der Waals surface area contributed by atoms with Crippen LogP contribution in [0, 0.1) is 27.2 Å². The van der Waals surface area contributed by atoms with Crippen LogP contribution in [0.25, 0.3) is 0 Å². The predicted molar refractivity (Wildman–Crippen MR) is 103 cm³/mol. The molecule has 0 radical (unpaired) electrons. The highest BCUT2D eigenvalue weighted by Crippen LogP contribution is 2.49. The second-order valence-corrected chi connectivity index (χ2v) is 7.83. The first-order valence-corrected chi connectivity index (χ1v) is 9.67. The summed E-state index contributed by atoms with van der Waals surface area (Å²) in [5, 5.41) is 21.0. The van der Waals surface area contributed by atoms with Crippen molar-refractivity contribution in [3.05, 3.63) is 83.7 Å². The molecule has 4 rings (SSSR count). The van der Waals surface area contributed by atoms with Gasteiger partial charge in [-0.1, -0.05) is 23.7 Å². The molecule has 10 nitrogen and oxygen atoms in total. The molecule has 0 N–H and O–H groups in total. The summed E-state index contributed by atoms with van der Waals surface area (Å²) >= 11 is 5.97. The Morgan fingerprint density at radius 2 is 1.97 bits per heavy atom. The number of ether oxygens (including phenoxy) is 1. The molecule has 1 unspecified atom stereocenters. The summed E-state index contributed by atoms with van der Waals surface area (Å²) < 4.78 is 6.00. The van der Waals surface area contributed by atoms with Gasteiger partial charge in [0.1, 0.15) is 17.8 Å². The maximum Gasteiger partial charge on any atom is 0.295 e. The predicted octanol–water partition coefficient (Wildman–Crippen LogP) is 3.83. The Morgan fingerprint density at radius 1 is 1.23 bits per heavy atom. The average molecular weight is 436 g/mol. The minimum absolute atomic E-state index is 0.0282. The van der Waals surface area contributed by atoms with Crippen LogP contribution < -0.4 is 0 Å². The fourth-order valence-electron chi connectivity index (χ4n) is 4.50. The van der Waals surface area contributed by atoms with Crippen molar-refractivity contribution in [3.8, 4) is 0 Å². The Kier molecular flexibility index (Phi) is 5.20. The highest BCUT2D eigenvalue weighted by atomic mass is 35.5. The van der Waals surface area contributed by atoms with Gasteiger partial charge >= 0.3 is 0 Å². The molecular formula is C19H18ClN3O7. The van der Waals surface area contributed by atoms with Gasteiger partial charge in [0.2, 0.25) is 0 Å². The monoisotopic (exact) mass is 435 g/mol. The second-order valence-electron chi connectivity index (χ2n) is 7.40. The summed E-state index contributed by atoms with van der Waals surface area (Å²) in [7, 11) is 0. The topological polar surface area (TPSA) is 127 Å². The number of hydrogen-bond acceptors (Lipinski definition) is 8. The SMILES string of the molecule is Cc1ncc2c(c1C1(O[N+](=O)[O-])CC[C@@H](O[N+](=O)[O-])C1)CO[C@H]2c1ccc(Cl)cc1. The Morgan fingerprint density at radius 3 is 2.63 bits per heavy atom. The molecule has 1 aliphatic heterocycles. The molecule has 158 valence electrons. The van der Waals surface area contributed by atoms with Gasteiger partial charge in [-0.05, 0) is 43.0 Å². The van der Waals surface area contributed by atoms with Crippen LogP contribution in [0.15, 0.2) is 30.5 Å². The van der Waals surface area contributed by atoms with Crippen LogP contribution >= 0.6 is 11.6 Å². The lowest BCUT2D eigenvalue weighted by Gasteiger charge is -2.30. The normalized spacial score (nSPS) is 25.0. The van der Waals surface area contributed by atoms with Gasteiger partial charge in [0.25, 0.3) is 10.2 Å². The maximum atomic E-state index is 11.3. The summed E-state index contributed by atoms with van der Waals surface area (Å²) in [6.45, 7) is 1.95. The molecule has 0 bridgehead atoms. The molecule has 3 atom stereocenters. The Balaban J connectivity index is 1.77. The molecular weight excluding hydrogens is 418 g/mol. The van der Waals surface area contributed by atoms with Crippen LogP contribution in [-0.4, -0.2) is 21.3 Å². The Hall–Kier alpha value is -2.98. The van der Waals surface area contributed by atoms with Gasteiger partial charge < -0.3 is 14.4 Å². The van der Waals surface area contributed by atoms with Crippen molar-refractivity contribution >= 4 is 11.6 Å². The van der Waals surface area contributed by atoms with E-state index in [1.165, 1.54) is 0 Å². The molecule has 1 saturated carbocycles. The number of benzene rings is 1. The van der Waals surface area contributed by atoms with E-state index in [1.807, 2.05) is 12.1 Å². The molecule has 2 heterocycles. The number of aryl methyl sites for hydroxylation is 1. The zero-order chi connectivity index (χ0) is 21.5. The van der Waals surface area contributed by atoms with Crippen LogP contribution in [-0.2, 0) is 26.6 Å². The molecule has 2 aromatic rings. The molecule has 1 aromatic heterocycles. The summed E-state index contributed by atoms with van der Waals surface area (Å²) in [5.41, 5.74) is 2.12. The standard InChI is InChI=1S/C19H18ClN3O7/c1-11-17(19(30-23(26)27)7-6-14(8-19)29-22(24)25)16-10-28-18(15(16)9-21-11)12-2-4-13(20)5-3-12/h2-5,9,14,18H,6-8,10H2,1H3/t14-,18+,19?/m1/s1. The van der Waals surface area contributed by atoms with Crippen molar-refractivity contribution in [2.75, 3.05) is 0 Å². The van der Waals surface area contributed by atoms with E-state index < -0.39 is 28.0 Å². The third-order valence-corrected chi connectivity index (χ3v) is 5.88. The van der Waals surface area contributed by atoms with Crippen LogP contribution in [0.2, 0.25) is 5.02 Å². The lowest BCUT2D eigenvalue weighted by Crippen LogP contribution is -2.33. The van der Waals surface area contributed by atoms with E-state index in [0.717, 1.165) is 16.7 Å². The number of nitrogens with zero attached hydrogens (tertiary/aromatic N) is 3. The zero-order valence-corrected chi connectivity index (χ0v) is 16.7. The van der Waals surface area contributed by atoms with E-state index in [4.69, 9.17) is 21.2 Å². The van der Waals surface area contributed by atoms with E-state index >= 15 is 0 Å². The van der Waals surface area contributed by atoms with E-state index in [0.29, 0.717) is 16.3 Å². The summed E-state index contributed by atoms with van der Waals surface area (Å²) in [5.74, 6) is 0. The largest absolute Gasteiger partial charge is 0.364 e. The summed E-state index contributed by atoms with van der Waals surface area (Å²) in [6, 6.07) is 7.21. The molecule has 0 spiro atoms. The first-order chi connectivity index (χ1) is 14.3. The molecule has 2 aliphatic rings. The average Bonchev–Trinajstić information content (AvgIpc) is 3.26. The van der Waals surface area contributed by atoms with Gasteiger partial charge in [-0.3, -0.25) is 4.98 Å². The van der Waals surface area contributed by atoms with Crippen molar-refractivity contribution in [2.45, 2.75) is 50.6 Å². The summed E-state index contributed by atoms with van der Waals surface area (Å²) in [6.07, 6.45) is 0.907. The van der Waals surface area contributed by atoms with Gasteiger partial charge in [0, 0.05) is 34.5 Å². The molecule has 1 fully saturated rings. The van der Waals surface area contributed by atoms with E-state index in [1.54, 1.807) is 25.3 Å². The first kappa shape index (κ1) is 20.3. The molecule has 1 aliphatic carbocycles. The fourth-order valence-corrected chi connectivity index (χ4v) is 4.63. The number of aromatic nitrogens is 1. The van der Waals surface area contributed by atoms with E-state index in [-0.39, 0.29) is 25.9 Å². The highest BCUT2D eigenvalue weighted by Gasteiger charge is 2.49. The van der Waals surface area contributed by atoms with Crippen LogP contribution in [0.1, 0.15) is 53.3 Å². The van der Waals surface area contributed by atoms with Gasteiger partial charge in [-0.2, -0.15) is 0 Å². The van der Waals surface area contributed by atoms with Crippen molar-refractivity contribution in [2.24, 2.45) is 0 Å². The molecule has 0 saturated heterocycles. The van der Waals surface area contributed by atoms with Crippen LogP contribution in [0.5, 0.6) is 0 Å². The van der Waals surface area contributed by atoms with Crippen LogP contribution in [0.3, 0.4) is 0 Å². The third-order valence-electron chi connectivity index (χ3n) is 5.63. The maximum absolute atomic E-state index is 11.3. The Labute approximate surface area is 175 Å².